The Morgan fingerprint density at radius 1 is 1.58 bits per heavy atom. The van der Waals surface area contributed by atoms with E-state index in [1.807, 2.05) is 19.2 Å². The van der Waals surface area contributed by atoms with Gasteiger partial charge in [0.1, 0.15) is 5.76 Å². The number of carbonyl (C=O) groups excluding carboxylic acids is 1. The first-order valence-electron chi connectivity index (χ1n) is 5.81. The van der Waals surface area contributed by atoms with Gasteiger partial charge in [-0.05, 0) is 20.8 Å². The van der Waals surface area contributed by atoms with Crippen LogP contribution in [0.4, 0.5) is 0 Å². The van der Waals surface area contributed by atoms with Gasteiger partial charge in [-0.25, -0.2) is 4.98 Å². The zero-order valence-electron chi connectivity index (χ0n) is 10.9. The Labute approximate surface area is 114 Å². The lowest BCUT2D eigenvalue weighted by molar-refractivity contribution is 0.0927. The van der Waals surface area contributed by atoms with E-state index in [0.29, 0.717) is 11.3 Å². The Hall–Kier alpha value is -1.73. The summed E-state index contributed by atoms with van der Waals surface area (Å²) < 4.78 is 4.91. The van der Waals surface area contributed by atoms with Crippen molar-refractivity contribution in [1.82, 2.24) is 15.5 Å². The van der Waals surface area contributed by atoms with Crippen molar-refractivity contribution in [3.8, 4) is 0 Å². The molecule has 7 heteroatoms. The predicted molar refractivity (Wildman–Crippen MR) is 69.9 cm³/mol. The molecule has 0 unspecified atom stereocenters. The second-order valence-corrected chi connectivity index (χ2v) is 5.27. The molecule has 0 spiro atoms. The molecular formula is C12H15N3O3S. The van der Waals surface area contributed by atoms with E-state index < -0.39 is 0 Å². The molecule has 0 saturated carbocycles. The van der Waals surface area contributed by atoms with E-state index in [1.54, 1.807) is 6.92 Å². The molecule has 2 heterocycles. The summed E-state index contributed by atoms with van der Waals surface area (Å²) >= 11 is 1.53. The van der Waals surface area contributed by atoms with Gasteiger partial charge >= 0.3 is 0 Å². The fourth-order valence-corrected chi connectivity index (χ4v) is 2.38. The SMILES string of the molecule is Cc1nc([C@H](C)NC(=O)c2noc(C)c2CO)cs1. The van der Waals surface area contributed by atoms with E-state index in [-0.39, 0.29) is 24.2 Å². The number of nitrogens with zero attached hydrogens (tertiary/aromatic N) is 2. The highest BCUT2D eigenvalue weighted by Gasteiger charge is 2.21. The number of aliphatic hydroxyl groups excluding tert-OH is 1. The van der Waals surface area contributed by atoms with Gasteiger partial charge in [0.15, 0.2) is 5.69 Å². The van der Waals surface area contributed by atoms with Gasteiger partial charge in [0, 0.05) is 5.38 Å². The number of amides is 1. The third-order valence-electron chi connectivity index (χ3n) is 2.79. The van der Waals surface area contributed by atoms with Crippen molar-refractivity contribution in [3.05, 3.63) is 33.1 Å². The van der Waals surface area contributed by atoms with Gasteiger partial charge in [0.2, 0.25) is 0 Å². The van der Waals surface area contributed by atoms with E-state index >= 15 is 0 Å². The lowest BCUT2D eigenvalue weighted by Gasteiger charge is -2.10. The molecule has 0 fully saturated rings. The van der Waals surface area contributed by atoms with Crippen LogP contribution in [0.15, 0.2) is 9.90 Å². The highest BCUT2D eigenvalue weighted by atomic mass is 32.1. The summed E-state index contributed by atoms with van der Waals surface area (Å²) in [6.07, 6.45) is 0. The van der Waals surface area contributed by atoms with Crippen LogP contribution in [0.25, 0.3) is 0 Å². The van der Waals surface area contributed by atoms with Crippen molar-refractivity contribution in [1.29, 1.82) is 0 Å². The van der Waals surface area contributed by atoms with Crippen molar-refractivity contribution >= 4 is 17.2 Å². The van der Waals surface area contributed by atoms with Crippen LogP contribution in [0.1, 0.15) is 45.5 Å². The van der Waals surface area contributed by atoms with Gasteiger partial charge in [-0.15, -0.1) is 11.3 Å². The first-order chi connectivity index (χ1) is 9.02. The minimum atomic E-state index is -0.376. The molecule has 2 rings (SSSR count). The molecule has 0 bridgehead atoms. The minimum absolute atomic E-state index is 0.124. The monoisotopic (exact) mass is 281 g/mol. The standard InChI is InChI=1S/C12H15N3O3S/c1-6(10-5-19-8(3)14-10)13-12(17)11-9(4-16)7(2)18-15-11/h5-6,16H,4H2,1-3H3,(H,13,17)/t6-/m0/s1. The summed E-state index contributed by atoms with van der Waals surface area (Å²) in [7, 11) is 0. The Balaban J connectivity index is 2.12. The van der Waals surface area contributed by atoms with E-state index in [0.717, 1.165) is 10.7 Å². The predicted octanol–water partition coefficient (Wildman–Crippen LogP) is 1.73. The van der Waals surface area contributed by atoms with Crippen molar-refractivity contribution in [3.63, 3.8) is 0 Å². The van der Waals surface area contributed by atoms with Gasteiger partial charge in [-0.1, -0.05) is 5.16 Å². The van der Waals surface area contributed by atoms with Crippen LogP contribution in [0, 0.1) is 13.8 Å². The summed E-state index contributed by atoms with van der Waals surface area (Å²) in [4.78, 5) is 16.4. The maximum Gasteiger partial charge on any atom is 0.274 e. The van der Waals surface area contributed by atoms with E-state index in [9.17, 15) is 9.90 Å². The average molecular weight is 281 g/mol. The number of carbonyl (C=O) groups is 1. The first-order valence-corrected chi connectivity index (χ1v) is 6.69. The van der Waals surface area contributed by atoms with Crippen molar-refractivity contribution < 1.29 is 14.4 Å². The Morgan fingerprint density at radius 3 is 2.89 bits per heavy atom. The lowest BCUT2D eigenvalue weighted by Crippen LogP contribution is -2.28. The van der Waals surface area contributed by atoms with Gasteiger partial charge < -0.3 is 14.9 Å². The number of aromatic nitrogens is 2. The normalized spacial score (nSPS) is 12.4. The summed E-state index contributed by atoms with van der Waals surface area (Å²) in [5.74, 6) is 0.0730. The fourth-order valence-electron chi connectivity index (χ4n) is 1.67. The molecule has 0 radical (unpaired) electrons. The van der Waals surface area contributed by atoms with Gasteiger partial charge in [0.25, 0.3) is 5.91 Å². The van der Waals surface area contributed by atoms with Crippen LogP contribution >= 0.6 is 11.3 Å². The van der Waals surface area contributed by atoms with Crippen LogP contribution in [-0.4, -0.2) is 21.2 Å². The largest absolute Gasteiger partial charge is 0.391 e. The molecular weight excluding hydrogens is 266 g/mol. The molecule has 0 aromatic carbocycles. The van der Waals surface area contributed by atoms with Crippen LogP contribution in [0.3, 0.4) is 0 Å². The van der Waals surface area contributed by atoms with Gasteiger partial charge in [-0.2, -0.15) is 0 Å². The fraction of sp³-hybridized carbons (Fsp3) is 0.417. The number of aliphatic hydroxyl groups is 1. The first kappa shape index (κ1) is 13.7. The minimum Gasteiger partial charge on any atom is -0.391 e. The summed E-state index contributed by atoms with van der Waals surface area (Å²) in [6, 6.07) is -0.221. The second kappa shape index (κ2) is 5.50. The van der Waals surface area contributed by atoms with Crippen molar-refractivity contribution in [2.24, 2.45) is 0 Å². The zero-order chi connectivity index (χ0) is 14.0. The number of hydrogen-bond donors (Lipinski definition) is 2. The number of thiazole rings is 1. The topological polar surface area (TPSA) is 88.3 Å². The molecule has 0 aliphatic rings. The number of nitrogens with one attached hydrogen (secondary N) is 1. The highest BCUT2D eigenvalue weighted by molar-refractivity contribution is 7.09. The molecule has 6 nitrogen and oxygen atoms in total. The Kier molecular flexibility index (Phi) is 3.96. The number of aryl methyl sites for hydroxylation is 2. The Bertz CT molecular complexity index is 591. The molecule has 1 atom stereocenters. The van der Waals surface area contributed by atoms with Crippen LogP contribution in [-0.2, 0) is 6.61 Å². The van der Waals surface area contributed by atoms with Crippen molar-refractivity contribution in [2.75, 3.05) is 0 Å². The van der Waals surface area contributed by atoms with Crippen LogP contribution in [0.5, 0.6) is 0 Å². The molecule has 1 amide bonds. The molecule has 2 N–H and O–H groups in total. The van der Waals surface area contributed by atoms with Gasteiger partial charge in [-0.3, -0.25) is 4.79 Å². The summed E-state index contributed by atoms with van der Waals surface area (Å²) in [6.45, 7) is 5.14. The number of rotatable bonds is 4. The molecule has 102 valence electrons. The Morgan fingerprint density at radius 2 is 2.32 bits per heavy atom. The third-order valence-corrected chi connectivity index (χ3v) is 3.58. The second-order valence-electron chi connectivity index (χ2n) is 4.21. The smallest absolute Gasteiger partial charge is 0.274 e. The molecule has 0 aliphatic heterocycles. The van der Waals surface area contributed by atoms with E-state index in [2.05, 4.69) is 15.5 Å². The van der Waals surface area contributed by atoms with E-state index in [4.69, 9.17) is 4.52 Å². The average Bonchev–Trinajstić information content (AvgIpc) is 2.95. The van der Waals surface area contributed by atoms with Crippen LogP contribution < -0.4 is 5.32 Å². The zero-order valence-corrected chi connectivity index (χ0v) is 11.7. The van der Waals surface area contributed by atoms with Crippen LogP contribution in [0.2, 0.25) is 0 Å². The highest BCUT2D eigenvalue weighted by Crippen LogP contribution is 2.18. The van der Waals surface area contributed by atoms with E-state index in [1.165, 1.54) is 11.3 Å². The maximum absolute atomic E-state index is 12.1. The molecule has 19 heavy (non-hydrogen) atoms. The summed E-state index contributed by atoms with van der Waals surface area (Å²) in [5.41, 5.74) is 1.35. The maximum atomic E-state index is 12.1. The third kappa shape index (κ3) is 2.82. The van der Waals surface area contributed by atoms with Crippen molar-refractivity contribution in [2.45, 2.75) is 33.4 Å². The molecule has 0 saturated heterocycles. The summed E-state index contributed by atoms with van der Waals surface area (Å²) in [5, 5.41) is 18.5. The molecule has 2 aromatic rings. The number of hydrogen-bond acceptors (Lipinski definition) is 6. The lowest BCUT2D eigenvalue weighted by atomic mass is 10.2. The van der Waals surface area contributed by atoms with Gasteiger partial charge in [0.05, 0.1) is 28.9 Å². The molecule has 2 aromatic heterocycles. The molecule has 0 aliphatic carbocycles. The quantitative estimate of drug-likeness (QED) is 0.891.